The number of piperazine rings is 1. The van der Waals surface area contributed by atoms with E-state index in [0.717, 1.165) is 26.2 Å². The summed E-state index contributed by atoms with van der Waals surface area (Å²) in [6.45, 7) is 6.86. The van der Waals surface area contributed by atoms with Crippen LogP contribution in [0.4, 0.5) is 0 Å². The molecule has 2 nitrogen and oxygen atoms in total. The quantitative estimate of drug-likeness (QED) is 0.842. The first-order chi connectivity index (χ1) is 7.29. The standard InChI is InChI=1S/C12H17IN2/c1-10(15-8-6-14-7-9-15)11-4-2-3-5-12(11)13/h2-5,10,14H,6-9H2,1H3/t10-/m1/s1. The van der Waals surface area contributed by atoms with Gasteiger partial charge in [0.05, 0.1) is 0 Å². The fourth-order valence-electron chi connectivity index (χ4n) is 2.08. The first kappa shape index (κ1) is 11.4. The molecule has 0 unspecified atom stereocenters. The predicted molar refractivity (Wildman–Crippen MR) is 72.0 cm³/mol. The molecule has 0 amide bonds. The van der Waals surface area contributed by atoms with Crippen molar-refractivity contribution < 1.29 is 0 Å². The van der Waals surface area contributed by atoms with Crippen LogP contribution < -0.4 is 5.32 Å². The van der Waals surface area contributed by atoms with Gasteiger partial charge in [0.25, 0.3) is 0 Å². The van der Waals surface area contributed by atoms with Crippen LogP contribution >= 0.6 is 22.6 Å². The predicted octanol–water partition coefficient (Wildman–Crippen LogP) is 2.26. The zero-order valence-corrected chi connectivity index (χ0v) is 11.2. The van der Waals surface area contributed by atoms with Gasteiger partial charge in [-0.2, -0.15) is 0 Å². The zero-order valence-electron chi connectivity index (χ0n) is 9.04. The second-order valence-corrected chi connectivity index (χ2v) is 5.15. The van der Waals surface area contributed by atoms with Gasteiger partial charge in [0.15, 0.2) is 0 Å². The third-order valence-corrected chi connectivity index (χ3v) is 4.04. The van der Waals surface area contributed by atoms with E-state index >= 15 is 0 Å². The lowest BCUT2D eigenvalue weighted by Crippen LogP contribution is -2.44. The van der Waals surface area contributed by atoms with E-state index in [1.165, 1.54) is 9.13 Å². The summed E-state index contributed by atoms with van der Waals surface area (Å²) >= 11 is 2.43. The van der Waals surface area contributed by atoms with E-state index in [-0.39, 0.29) is 0 Å². The van der Waals surface area contributed by atoms with Gasteiger partial charge >= 0.3 is 0 Å². The van der Waals surface area contributed by atoms with Crippen molar-refractivity contribution in [2.45, 2.75) is 13.0 Å². The molecule has 1 aromatic carbocycles. The minimum atomic E-state index is 0.542. The van der Waals surface area contributed by atoms with Crippen LogP contribution in [0.15, 0.2) is 24.3 Å². The molecule has 1 aliphatic rings. The molecule has 0 aliphatic carbocycles. The largest absolute Gasteiger partial charge is 0.314 e. The van der Waals surface area contributed by atoms with E-state index in [4.69, 9.17) is 0 Å². The SMILES string of the molecule is C[C@H](c1ccccc1I)N1CCNCC1. The Hall–Kier alpha value is -0.130. The van der Waals surface area contributed by atoms with Gasteiger partial charge in [0.1, 0.15) is 0 Å². The summed E-state index contributed by atoms with van der Waals surface area (Å²) in [5, 5.41) is 3.39. The molecule has 3 heteroatoms. The maximum atomic E-state index is 3.39. The summed E-state index contributed by atoms with van der Waals surface area (Å²) in [6.07, 6.45) is 0. The number of nitrogens with one attached hydrogen (secondary N) is 1. The van der Waals surface area contributed by atoms with Crippen molar-refractivity contribution in [2.75, 3.05) is 26.2 Å². The fraction of sp³-hybridized carbons (Fsp3) is 0.500. The average molecular weight is 316 g/mol. The van der Waals surface area contributed by atoms with Gasteiger partial charge in [-0.05, 0) is 41.1 Å². The van der Waals surface area contributed by atoms with Crippen molar-refractivity contribution >= 4 is 22.6 Å². The van der Waals surface area contributed by atoms with Gasteiger partial charge in [-0.1, -0.05) is 18.2 Å². The summed E-state index contributed by atoms with van der Waals surface area (Å²) in [5.74, 6) is 0. The van der Waals surface area contributed by atoms with E-state index in [2.05, 4.69) is 64.0 Å². The first-order valence-electron chi connectivity index (χ1n) is 5.48. The molecule has 15 heavy (non-hydrogen) atoms. The minimum absolute atomic E-state index is 0.542. The van der Waals surface area contributed by atoms with Gasteiger partial charge in [-0.3, -0.25) is 4.90 Å². The molecule has 1 aliphatic heterocycles. The molecule has 0 saturated carbocycles. The Kier molecular flexibility index (Phi) is 3.99. The number of halogens is 1. The topological polar surface area (TPSA) is 15.3 Å². The van der Waals surface area contributed by atoms with Crippen molar-refractivity contribution in [2.24, 2.45) is 0 Å². The molecule has 1 atom stereocenters. The lowest BCUT2D eigenvalue weighted by Gasteiger charge is -2.33. The molecule has 0 bridgehead atoms. The molecule has 0 spiro atoms. The Morgan fingerprint density at radius 2 is 1.93 bits per heavy atom. The number of rotatable bonds is 2. The summed E-state index contributed by atoms with van der Waals surface area (Å²) in [7, 11) is 0. The molecule has 2 rings (SSSR count). The van der Waals surface area contributed by atoms with Crippen molar-refractivity contribution in [1.29, 1.82) is 0 Å². The van der Waals surface area contributed by atoms with E-state index in [9.17, 15) is 0 Å². The van der Waals surface area contributed by atoms with Crippen LogP contribution in [0.3, 0.4) is 0 Å². The third-order valence-electron chi connectivity index (χ3n) is 3.05. The van der Waals surface area contributed by atoms with E-state index < -0.39 is 0 Å². The van der Waals surface area contributed by atoms with Crippen LogP contribution in [-0.4, -0.2) is 31.1 Å². The second kappa shape index (κ2) is 5.27. The van der Waals surface area contributed by atoms with Crippen LogP contribution in [0.5, 0.6) is 0 Å². The van der Waals surface area contributed by atoms with Gasteiger partial charge < -0.3 is 5.32 Å². The Bertz CT molecular complexity index is 321. The maximum Gasteiger partial charge on any atom is 0.0331 e. The Balaban J connectivity index is 2.12. The Labute approximate surface area is 105 Å². The molecule has 0 aromatic heterocycles. The van der Waals surface area contributed by atoms with Crippen LogP contribution in [-0.2, 0) is 0 Å². The van der Waals surface area contributed by atoms with Crippen molar-refractivity contribution in [3.05, 3.63) is 33.4 Å². The average Bonchev–Trinajstić information content (AvgIpc) is 2.30. The number of nitrogens with zero attached hydrogens (tertiary/aromatic N) is 1. The summed E-state index contributed by atoms with van der Waals surface area (Å²) in [6, 6.07) is 9.22. The van der Waals surface area contributed by atoms with Gasteiger partial charge in [0.2, 0.25) is 0 Å². The maximum absolute atomic E-state index is 3.39. The smallest absolute Gasteiger partial charge is 0.0331 e. The molecule has 1 aromatic rings. The van der Waals surface area contributed by atoms with Crippen LogP contribution in [0.1, 0.15) is 18.5 Å². The number of hydrogen-bond acceptors (Lipinski definition) is 2. The van der Waals surface area contributed by atoms with Gasteiger partial charge in [-0.25, -0.2) is 0 Å². The van der Waals surface area contributed by atoms with Crippen LogP contribution in [0, 0.1) is 3.57 Å². The summed E-state index contributed by atoms with van der Waals surface area (Å²) in [5.41, 5.74) is 1.46. The summed E-state index contributed by atoms with van der Waals surface area (Å²) < 4.78 is 1.38. The molecule has 1 N–H and O–H groups in total. The first-order valence-corrected chi connectivity index (χ1v) is 6.56. The van der Waals surface area contributed by atoms with E-state index in [1.807, 2.05) is 0 Å². The minimum Gasteiger partial charge on any atom is -0.314 e. The zero-order chi connectivity index (χ0) is 10.7. The highest BCUT2D eigenvalue weighted by Gasteiger charge is 2.18. The number of benzene rings is 1. The summed E-state index contributed by atoms with van der Waals surface area (Å²) in [4.78, 5) is 2.55. The van der Waals surface area contributed by atoms with Crippen molar-refractivity contribution in [1.82, 2.24) is 10.2 Å². The fourth-order valence-corrected chi connectivity index (χ4v) is 2.92. The Morgan fingerprint density at radius 1 is 1.27 bits per heavy atom. The highest BCUT2D eigenvalue weighted by Crippen LogP contribution is 2.24. The van der Waals surface area contributed by atoms with Crippen LogP contribution in [0.25, 0.3) is 0 Å². The molecule has 82 valence electrons. The van der Waals surface area contributed by atoms with E-state index in [1.54, 1.807) is 0 Å². The lowest BCUT2D eigenvalue weighted by atomic mass is 10.1. The van der Waals surface area contributed by atoms with Gasteiger partial charge in [-0.15, -0.1) is 0 Å². The van der Waals surface area contributed by atoms with Crippen LogP contribution in [0.2, 0.25) is 0 Å². The number of hydrogen-bond donors (Lipinski definition) is 1. The molecule has 0 radical (unpaired) electrons. The molecule has 1 saturated heterocycles. The monoisotopic (exact) mass is 316 g/mol. The van der Waals surface area contributed by atoms with Crippen molar-refractivity contribution in [3.63, 3.8) is 0 Å². The molecular weight excluding hydrogens is 299 g/mol. The van der Waals surface area contributed by atoms with Gasteiger partial charge in [0, 0.05) is 35.8 Å². The van der Waals surface area contributed by atoms with E-state index in [0.29, 0.717) is 6.04 Å². The normalized spacial score (nSPS) is 20.1. The molecule has 1 heterocycles. The highest BCUT2D eigenvalue weighted by molar-refractivity contribution is 14.1. The van der Waals surface area contributed by atoms with Crippen molar-refractivity contribution in [3.8, 4) is 0 Å². The molecule has 1 fully saturated rings. The highest BCUT2D eigenvalue weighted by atomic mass is 127. The second-order valence-electron chi connectivity index (χ2n) is 3.98. The Morgan fingerprint density at radius 3 is 2.60 bits per heavy atom. The lowest BCUT2D eigenvalue weighted by molar-refractivity contribution is 0.185. The third kappa shape index (κ3) is 2.71. The molecular formula is C12H17IN2.